The van der Waals surface area contributed by atoms with Gasteiger partial charge in [0.2, 0.25) is 0 Å². The fourth-order valence-corrected chi connectivity index (χ4v) is 3.35. The first kappa shape index (κ1) is 15.6. The molecule has 22 heavy (non-hydrogen) atoms. The van der Waals surface area contributed by atoms with Crippen molar-refractivity contribution in [3.63, 3.8) is 0 Å². The summed E-state index contributed by atoms with van der Waals surface area (Å²) in [5.41, 5.74) is 0.896. The van der Waals surface area contributed by atoms with Gasteiger partial charge in [-0.25, -0.2) is 0 Å². The van der Waals surface area contributed by atoms with E-state index < -0.39 is 0 Å². The predicted octanol–water partition coefficient (Wildman–Crippen LogP) is 5.04. The summed E-state index contributed by atoms with van der Waals surface area (Å²) in [6, 6.07) is 11.0. The van der Waals surface area contributed by atoms with Crippen LogP contribution in [0.25, 0.3) is 6.08 Å². The van der Waals surface area contributed by atoms with Gasteiger partial charge in [0.15, 0.2) is 4.67 Å². The Bertz CT molecular complexity index is 767. The quantitative estimate of drug-likeness (QED) is 0.624. The molecule has 2 heterocycles. The van der Waals surface area contributed by atoms with Crippen molar-refractivity contribution in [3.05, 3.63) is 61.8 Å². The summed E-state index contributed by atoms with van der Waals surface area (Å²) in [4.78, 5) is 26.0. The van der Waals surface area contributed by atoms with Gasteiger partial charge in [0.1, 0.15) is 5.76 Å². The van der Waals surface area contributed by atoms with Crippen LogP contribution >= 0.6 is 43.6 Å². The van der Waals surface area contributed by atoms with Crippen molar-refractivity contribution in [2.45, 2.75) is 6.54 Å². The van der Waals surface area contributed by atoms with Crippen molar-refractivity contribution in [1.29, 1.82) is 0 Å². The molecule has 0 radical (unpaired) electrons. The predicted molar refractivity (Wildman–Crippen MR) is 92.1 cm³/mol. The van der Waals surface area contributed by atoms with E-state index in [0.717, 1.165) is 21.8 Å². The molecule has 112 valence electrons. The van der Waals surface area contributed by atoms with Crippen LogP contribution in [0.3, 0.4) is 0 Å². The molecule has 2 amide bonds. The number of hydrogen-bond acceptors (Lipinski definition) is 4. The molecule has 0 saturated carbocycles. The number of imide groups is 1. The molecule has 1 aliphatic heterocycles. The van der Waals surface area contributed by atoms with Crippen LogP contribution in [0, 0.1) is 0 Å². The Labute approximate surface area is 147 Å². The number of nitrogens with zero attached hydrogens (tertiary/aromatic N) is 1. The molecular formula is C15H9Br2NO3S. The molecule has 3 rings (SSSR count). The number of carbonyl (C=O) groups excluding carboxylic acids is 2. The summed E-state index contributed by atoms with van der Waals surface area (Å²) >= 11 is 7.48. The van der Waals surface area contributed by atoms with Gasteiger partial charge in [-0.3, -0.25) is 14.5 Å². The van der Waals surface area contributed by atoms with E-state index in [1.165, 1.54) is 4.90 Å². The molecule has 1 aromatic heterocycles. The largest absolute Gasteiger partial charge is 0.450 e. The molecule has 2 aromatic rings. The maximum absolute atomic E-state index is 12.4. The standard InChI is InChI=1S/C15H9Br2NO3S/c16-10-3-1-9(2-4-10)8-18-14(19)12(22-15(18)20)7-11-5-6-13(17)21-11/h1-7H,8H2/b12-7-. The van der Waals surface area contributed by atoms with E-state index in [0.29, 0.717) is 15.3 Å². The first-order valence-corrected chi connectivity index (χ1v) is 8.68. The number of benzene rings is 1. The van der Waals surface area contributed by atoms with Crippen LogP contribution in [0.2, 0.25) is 0 Å². The minimum absolute atomic E-state index is 0.261. The van der Waals surface area contributed by atoms with Gasteiger partial charge in [-0.05, 0) is 57.5 Å². The van der Waals surface area contributed by atoms with E-state index in [4.69, 9.17) is 4.42 Å². The Morgan fingerprint density at radius 2 is 1.82 bits per heavy atom. The van der Waals surface area contributed by atoms with Crippen LogP contribution in [-0.2, 0) is 11.3 Å². The van der Waals surface area contributed by atoms with Gasteiger partial charge in [-0.2, -0.15) is 0 Å². The molecule has 1 fully saturated rings. The highest BCUT2D eigenvalue weighted by molar-refractivity contribution is 9.10. The summed E-state index contributed by atoms with van der Waals surface area (Å²) < 4.78 is 6.86. The van der Waals surface area contributed by atoms with Crippen LogP contribution in [0.5, 0.6) is 0 Å². The fraction of sp³-hybridized carbons (Fsp3) is 0.0667. The second-order valence-electron chi connectivity index (χ2n) is 4.54. The van der Waals surface area contributed by atoms with Gasteiger partial charge >= 0.3 is 0 Å². The Kier molecular flexibility index (Phi) is 4.56. The van der Waals surface area contributed by atoms with Crippen LogP contribution in [0.1, 0.15) is 11.3 Å². The summed E-state index contributed by atoms with van der Waals surface area (Å²) in [7, 11) is 0. The maximum atomic E-state index is 12.4. The summed E-state index contributed by atoms with van der Waals surface area (Å²) in [6.07, 6.45) is 1.58. The number of rotatable bonds is 3. The van der Waals surface area contributed by atoms with Gasteiger partial charge in [-0.1, -0.05) is 28.1 Å². The van der Waals surface area contributed by atoms with Crippen molar-refractivity contribution < 1.29 is 14.0 Å². The van der Waals surface area contributed by atoms with Gasteiger partial charge in [0, 0.05) is 10.5 Å². The summed E-state index contributed by atoms with van der Waals surface area (Å²) in [6.45, 7) is 0.261. The highest BCUT2D eigenvalue weighted by Crippen LogP contribution is 2.33. The zero-order chi connectivity index (χ0) is 15.7. The zero-order valence-corrected chi connectivity index (χ0v) is 15.1. The normalized spacial score (nSPS) is 16.8. The second kappa shape index (κ2) is 6.44. The van der Waals surface area contributed by atoms with Crippen LogP contribution in [-0.4, -0.2) is 16.0 Å². The molecule has 0 N–H and O–H groups in total. The van der Waals surface area contributed by atoms with E-state index in [1.807, 2.05) is 24.3 Å². The molecule has 0 atom stereocenters. The Morgan fingerprint density at radius 1 is 1.09 bits per heavy atom. The Balaban J connectivity index is 1.79. The summed E-state index contributed by atoms with van der Waals surface area (Å²) in [5, 5.41) is -0.273. The zero-order valence-electron chi connectivity index (χ0n) is 11.1. The van der Waals surface area contributed by atoms with Crippen molar-refractivity contribution in [2.24, 2.45) is 0 Å². The number of hydrogen-bond donors (Lipinski definition) is 0. The van der Waals surface area contributed by atoms with E-state index in [-0.39, 0.29) is 17.7 Å². The highest BCUT2D eigenvalue weighted by atomic mass is 79.9. The lowest BCUT2D eigenvalue weighted by Gasteiger charge is -2.12. The Hall–Kier alpha value is -1.31. The molecule has 0 spiro atoms. The van der Waals surface area contributed by atoms with Crippen molar-refractivity contribution in [3.8, 4) is 0 Å². The second-order valence-corrected chi connectivity index (χ2v) is 7.23. The molecule has 1 aliphatic rings. The molecular weight excluding hydrogens is 434 g/mol. The molecule has 0 bridgehead atoms. The van der Waals surface area contributed by atoms with Crippen molar-refractivity contribution in [1.82, 2.24) is 4.90 Å². The monoisotopic (exact) mass is 441 g/mol. The molecule has 1 saturated heterocycles. The molecule has 7 heteroatoms. The average Bonchev–Trinajstić information content (AvgIpc) is 3.00. The van der Waals surface area contributed by atoms with Gasteiger partial charge < -0.3 is 4.42 Å². The number of furan rings is 1. The van der Waals surface area contributed by atoms with Crippen molar-refractivity contribution >= 4 is 60.8 Å². The smallest absolute Gasteiger partial charge is 0.293 e. The first-order chi connectivity index (χ1) is 10.5. The topological polar surface area (TPSA) is 50.5 Å². The van der Waals surface area contributed by atoms with Crippen LogP contribution in [0.4, 0.5) is 4.79 Å². The van der Waals surface area contributed by atoms with Crippen LogP contribution in [0.15, 0.2) is 54.9 Å². The minimum Gasteiger partial charge on any atom is -0.450 e. The number of amides is 2. The van der Waals surface area contributed by atoms with Crippen LogP contribution < -0.4 is 0 Å². The van der Waals surface area contributed by atoms with E-state index in [9.17, 15) is 9.59 Å². The number of thioether (sulfide) groups is 1. The van der Waals surface area contributed by atoms with E-state index in [2.05, 4.69) is 31.9 Å². The SMILES string of the molecule is O=C1S/C(=C\c2ccc(Br)o2)C(=O)N1Cc1ccc(Br)cc1. The Morgan fingerprint density at radius 3 is 2.45 bits per heavy atom. The minimum atomic E-state index is -0.301. The lowest BCUT2D eigenvalue weighted by atomic mass is 10.2. The number of halogens is 2. The average molecular weight is 443 g/mol. The first-order valence-electron chi connectivity index (χ1n) is 6.28. The molecule has 1 aromatic carbocycles. The van der Waals surface area contributed by atoms with E-state index in [1.54, 1.807) is 18.2 Å². The summed E-state index contributed by atoms with van der Waals surface area (Å²) in [5.74, 6) is 0.228. The van der Waals surface area contributed by atoms with Gasteiger partial charge in [0.05, 0.1) is 11.4 Å². The lowest BCUT2D eigenvalue weighted by molar-refractivity contribution is -0.123. The van der Waals surface area contributed by atoms with Crippen molar-refractivity contribution in [2.75, 3.05) is 0 Å². The third kappa shape index (κ3) is 3.37. The third-order valence-electron chi connectivity index (χ3n) is 2.99. The fourth-order valence-electron chi connectivity index (χ4n) is 1.94. The lowest BCUT2D eigenvalue weighted by Crippen LogP contribution is -2.27. The highest BCUT2D eigenvalue weighted by Gasteiger charge is 2.35. The van der Waals surface area contributed by atoms with E-state index >= 15 is 0 Å². The van der Waals surface area contributed by atoms with Gasteiger partial charge in [0.25, 0.3) is 11.1 Å². The number of carbonyl (C=O) groups is 2. The molecule has 4 nitrogen and oxygen atoms in total. The maximum Gasteiger partial charge on any atom is 0.293 e. The van der Waals surface area contributed by atoms with Gasteiger partial charge in [-0.15, -0.1) is 0 Å². The molecule has 0 aliphatic carbocycles. The molecule has 0 unspecified atom stereocenters. The third-order valence-corrected chi connectivity index (χ3v) is 4.86.